The fourth-order valence-electron chi connectivity index (χ4n) is 4.25. The van der Waals surface area contributed by atoms with Crippen LogP contribution in [0.15, 0.2) is 18.2 Å². The number of benzene rings is 2. The smallest absolute Gasteiger partial charge is 0.161 e. The summed E-state index contributed by atoms with van der Waals surface area (Å²) in [6.45, 7) is 2.23. The predicted octanol–water partition coefficient (Wildman–Crippen LogP) is 2.87. The van der Waals surface area contributed by atoms with E-state index in [9.17, 15) is 5.11 Å². The molecule has 23 heavy (non-hydrogen) atoms. The van der Waals surface area contributed by atoms with Crippen molar-refractivity contribution >= 4 is 10.8 Å². The Bertz CT molecular complexity index is 756. The molecule has 0 amide bonds. The summed E-state index contributed by atoms with van der Waals surface area (Å²) in [5, 5.41) is 12.2. The van der Waals surface area contributed by atoms with Crippen LogP contribution in [0.3, 0.4) is 0 Å². The van der Waals surface area contributed by atoms with E-state index in [1.807, 2.05) is 6.07 Å². The molecule has 2 aromatic rings. The van der Waals surface area contributed by atoms with Gasteiger partial charge < -0.3 is 14.6 Å². The lowest BCUT2D eigenvalue weighted by atomic mass is 9.86. The van der Waals surface area contributed by atoms with Gasteiger partial charge in [0, 0.05) is 12.6 Å². The number of hydrogen-bond acceptors (Lipinski definition) is 4. The lowest BCUT2D eigenvalue weighted by molar-refractivity contribution is 0.222. The molecule has 2 aromatic carbocycles. The number of rotatable bonds is 3. The molecule has 1 atom stereocenters. The first-order valence-electron chi connectivity index (χ1n) is 8.29. The third-order valence-corrected chi connectivity index (χ3v) is 5.43. The second kappa shape index (κ2) is 5.69. The summed E-state index contributed by atoms with van der Waals surface area (Å²) in [5.74, 6) is 1.51. The van der Waals surface area contributed by atoms with Crippen LogP contribution in [0.5, 0.6) is 11.5 Å². The van der Waals surface area contributed by atoms with Gasteiger partial charge in [0.25, 0.3) is 0 Å². The quantitative estimate of drug-likeness (QED) is 0.946. The van der Waals surface area contributed by atoms with Crippen molar-refractivity contribution in [3.05, 3.63) is 34.9 Å². The monoisotopic (exact) mass is 313 g/mol. The first kappa shape index (κ1) is 14.8. The molecule has 0 radical (unpaired) electrons. The highest BCUT2D eigenvalue weighted by Crippen LogP contribution is 2.40. The van der Waals surface area contributed by atoms with Crippen molar-refractivity contribution in [3.8, 4) is 11.5 Å². The van der Waals surface area contributed by atoms with E-state index in [4.69, 9.17) is 9.47 Å². The summed E-state index contributed by atoms with van der Waals surface area (Å²) < 4.78 is 10.9. The van der Waals surface area contributed by atoms with Crippen LogP contribution in [-0.4, -0.2) is 36.8 Å². The molecule has 2 aliphatic heterocycles. The van der Waals surface area contributed by atoms with Crippen molar-refractivity contribution in [1.82, 2.24) is 4.90 Å². The standard InChI is InChI=1S/C19H23NO3/c1-22-18-7-12-6-13(11-21)17-10-20-5-3-4-14(20)8-16(17)15(12)9-19(18)23-2/h6-7,9,14,21H,3-5,8,10-11H2,1-2H3. The molecule has 1 fully saturated rings. The molecule has 2 heterocycles. The van der Waals surface area contributed by atoms with Crippen LogP contribution in [0.2, 0.25) is 0 Å². The van der Waals surface area contributed by atoms with Gasteiger partial charge in [-0.1, -0.05) is 0 Å². The number of aliphatic hydroxyl groups is 1. The van der Waals surface area contributed by atoms with Gasteiger partial charge in [-0.15, -0.1) is 0 Å². The summed E-state index contributed by atoms with van der Waals surface area (Å²) in [4.78, 5) is 2.56. The van der Waals surface area contributed by atoms with Crippen LogP contribution in [0.25, 0.3) is 10.8 Å². The van der Waals surface area contributed by atoms with Gasteiger partial charge >= 0.3 is 0 Å². The molecule has 0 aromatic heterocycles. The number of methoxy groups -OCH3 is 2. The normalized spacial score (nSPS) is 20.4. The molecule has 0 bridgehead atoms. The molecule has 0 saturated carbocycles. The second-order valence-corrected chi connectivity index (χ2v) is 6.55. The second-order valence-electron chi connectivity index (χ2n) is 6.55. The maximum atomic E-state index is 9.85. The minimum atomic E-state index is 0.0884. The number of hydrogen-bond donors (Lipinski definition) is 1. The van der Waals surface area contributed by atoms with Gasteiger partial charge in [0.2, 0.25) is 0 Å². The van der Waals surface area contributed by atoms with Gasteiger partial charge in [0.1, 0.15) is 0 Å². The Balaban J connectivity index is 1.95. The predicted molar refractivity (Wildman–Crippen MR) is 90.1 cm³/mol. The van der Waals surface area contributed by atoms with E-state index >= 15 is 0 Å². The Morgan fingerprint density at radius 3 is 2.65 bits per heavy atom. The average Bonchev–Trinajstić information content (AvgIpc) is 3.05. The van der Waals surface area contributed by atoms with Gasteiger partial charge in [-0.3, -0.25) is 4.90 Å². The number of fused-ring (bicyclic) bond motifs is 4. The molecular weight excluding hydrogens is 290 g/mol. The van der Waals surface area contributed by atoms with Crippen LogP contribution in [0, 0.1) is 0 Å². The Kier molecular flexibility index (Phi) is 3.66. The first-order valence-corrected chi connectivity index (χ1v) is 8.29. The topological polar surface area (TPSA) is 41.9 Å². The molecular formula is C19H23NO3. The number of ether oxygens (including phenoxy) is 2. The largest absolute Gasteiger partial charge is 0.493 e. The Hall–Kier alpha value is -1.78. The molecule has 4 heteroatoms. The summed E-state index contributed by atoms with van der Waals surface area (Å²) in [6.07, 6.45) is 3.62. The van der Waals surface area contributed by atoms with Crippen molar-refractivity contribution in [3.63, 3.8) is 0 Å². The van der Waals surface area contributed by atoms with Crippen LogP contribution in [-0.2, 0) is 19.6 Å². The Morgan fingerprint density at radius 1 is 1.13 bits per heavy atom. The lowest BCUT2D eigenvalue weighted by Crippen LogP contribution is -2.36. The van der Waals surface area contributed by atoms with Gasteiger partial charge in [0.15, 0.2) is 11.5 Å². The summed E-state index contributed by atoms with van der Waals surface area (Å²) in [6, 6.07) is 6.87. The molecule has 1 N–H and O–H groups in total. The maximum absolute atomic E-state index is 9.85. The highest BCUT2D eigenvalue weighted by molar-refractivity contribution is 5.91. The molecule has 0 aliphatic carbocycles. The van der Waals surface area contributed by atoms with E-state index in [2.05, 4.69) is 17.0 Å². The van der Waals surface area contributed by atoms with E-state index in [0.29, 0.717) is 6.04 Å². The van der Waals surface area contributed by atoms with Crippen LogP contribution >= 0.6 is 0 Å². The molecule has 1 saturated heterocycles. The van der Waals surface area contributed by atoms with Crippen molar-refractivity contribution in [1.29, 1.82) is 0 Å². The molecule has 2 aliphatic rings. The van der Waals surface area contributed by atoms with E-state index in [-0.39, 0.29) is 6.61 Å². The average molecular weight is 313 g/mol. The Labute approximate surface area is 136 Å². The van der Waals surface area contributed by atoms with Crippen molar-refractivity contribution in [2.24, 2.45) is 0 Å². The van der Waals surface area contributed by atoms with E-state index in [1.165, 1.54) is 35.9 Å². The summed E-state index contributed by atoms with van der Waals surface area (Å²) >= 11 is 0. The van der Waals surface area contributed by atoms with Crippen molar-refractivity contribution in [2.45, 2.75) is 38.5 Å². The maximum Gasteiger partial charge on any atom is 0.161 e. The van der Waals surface area contributed by atoms with Crippen molar-refractivity contribution in [2.75, 3.05) is 20.8 Å². The molecule has 4 rings (SSSR count). The van der Waals surface area contributed by atoms with Crippen molar-refractivity contribution < 1.29 is 14.6 Å². The lowest BCUT2D eigenvalue weighted by Gasteiger charge is -2.33. The minimum absolute atomic E-state index is 0.0884. The van der Waals surface area contributed by atoms with Crippen LogP contribution < -0.4 is 9.47 Å². The first-order chi connectivity index (χ1) is 11.2. The zero-order valence-corrected chi connectivity index (χ0v) is 13.8. The third kappa shape index (κ3) is 2.28. The van der Waals surface area contributed by atoms with E-state index in [0.717, 1.165) is 35.4 Å². The van der Waals surface area contributed by atoms with E-state index < -0.39 is 0 Å². The van der Waals surface area contributed by atoms with Crippen LogP contribution in [0.1, 0.15) is 29.5 Å². The SMILES string of the molecule is COc1cc2cc(CO)c3c(c2cc1OC)CC1CCCN1C3. The zero-order valence-electron chi connectivity index (χ0n) is 13.8. The fraction of sp³-hybridized carbons (Fsp3) is 0.474. The number of nitrogens with zero attached hydrogens (tertiary/aromatic N) is 1. The Morgan fingerprint density at radius 2 is 1.91 bits per heavy atom. The molecule has 4 nitrogen and oxygen atoms in total. The van der Waals surface area contributed by atoms with Gasteiger partial charge in [-0.05, 0) is 71.5 Å². The number of aliphatic hydroxyl groups excluding tert-OH is 1. The highest BCUT2D eigenvalue weighted by Gasteiger charge is 2.32. The molecule has 122 valence electrons. The third-order valence-electron chi connectivity index (χ3n) is 5.43. The van der Waals surface area contributed by atoms with Gasteiger partial charge in [0.05, 0.1) is 20.8 Å². The van der Waals surface area contributed by atoms with Gasteiger partial charge in [-0.2, -0.15) is 0 Å². The van der Waals surface area contributed by atoms with E-state index in [1.54, 1.807) is 14.2 Å². The van der Waals surface area contributed by atoms with Crippen LogP contribution in [0.4, 0.5) is 0 Å². The molecule has 1 unspecified atom stereocenters. The minimum Gasteiger partial charge on any atom is -0.493 e. The zero-order chi connectivity index (χ0) is 16.0. The molecule has 0 spiro atoms. The summed E-state index contributed by atoms with van der Waals surface area (Å²) in [7, 11) is 3.34. The van der Waals surface area contributed by atoms with Gasteiger partial charge in [-0.25, -0.2) is 0 Å². The fourth-order valence-corrected chi connectivity index (χ4v) is 4.25. The summed E-state index contributed by atoms with van der Waals surface area (Å²) in [5.41, 5.74) is 3.74. The highest BCUT2D eigenvalue weighted by atomic mass is 16.5.